The van der Waals surface area contributed by atoms with Gasteiger partial charge in [0.05, 0.1) is 23.4 Å². The number of hydrogen-bond donors (Lipinski definition) is 1. The normalized spacial score (nSPS) is 10.9. The molecule has 0 fully saturated rings. The zero-order chi connectivity index (χ0) is 20.5. The maximum absolute atomic E-state index is 12.8. The fraction of sp³-hybridized carbons (Fsp3) is 0.0476. The summed E-state index contributed by atoms with van der Waals surface area (Å²) in [6.45, 7) is 0. The molecular weight excluding hydrogens is 435 g/mol. The van der Waals surface area contributed by atoms with Gasteiger partial charge >= 0.3 is 0 Å². The van der Waals surface area contributed by atoms with Crippen molar-refractivity contribution in [1.29, 1.82) is 0 Å². The number of oxazole rings is 1. The highest BCUT2D eigenvalue weighted by molar-refractivity contribution is 6.34. The molecule has 0 saturated carbocycles. The van der Waals surface area contributed by atoms with Crippen molar-refractivity contribution in [3.05, 3.63) is 75.2 Å². The number of amides is 1. The molecule has 0 atom stereocenters. The Balaban J connectivity index is 1.68. The highest BCUT2D eigenvalue weighted by Gasteiger charge is 2.16. The molecule has 1 heterocycles. The van der Waals surface area contributed by atoms with E-state index in [0.29, 0.717) is 49.1 Å². The number of anilines is 1. The Labute approximate surface area is 181 Å². The number of benzene rings is 3. The topological polar surface area (TPSA) is 64.4 Å². The van der Waals surface area contributed by atoms with E-state index in [1.165, 1.54) is 13.2 Å². The van der Waals surface area contributed by atoms with Crippen LogP contribution in [0.1, 0.15) is 10.4 Å². The van der Waals surface area contributed by atoms with Crippen molar-refractivity contribution in [1.82, 2.24) is 4.98 Å². The van der Waals surface area contributed by atoms with Crippen molar-refractivity contribution in [2.45, 2.75) is 0 Å². The first-order valence-electron chi connectivity index (χ1n) is 8.45. The molecule has 1 N–H and O–H groups in total. The Kier molecular flexibility index (Phi) is 5.37. The third kappa shape index (κ3) is 4.03. The zero-order valence-corrected chi connectivity index (χ0v) is 17.3. The highest BCUT2D eigenvalue weighted by atomic mass is 35.5. The standard InChI is InChI=1S/C21H13Cl3N2O3/c1-28-18-6-3-12(22)9-14(18)20(27)25-16-8-11(2-5-15(16)24)21-26-17-10-13(23)4-7-19(17)29-21/h2-10H,1H3,(H,25,27). The van der Waals surface area contributed by atoms with Crippen LogP contribution in [0.5, 0.6) is 5.75 Å². The lowest BCUT2D eigenvalue weighted by molar-refractivity contribution is 0.102. The number of fused-ring (bicyclic) bond motifs is 1. The molecule has 1 aromatic heterocycles. The summed E-state index contributed by atoms with van der Waals surface area (Å²) < 4.78 is 11.0. The number of nitrogens with one attached hydrogen (secondary N) is 1. The van der Waals surface area contributed by atoms with Crippen molar-refractivity contribution in [2.24, 2.45) is 0 Å². The van der Waals surface area contributed by atoms with Crippen LogP contribution in [0.25, 0.3) is 22.6 Å². The second kappa shape index (κ2) is 7.95. The van der Waals surface area contributed by atoms with Gasteiger partial charge in [-0.25, -0.2) is 4.98 Å². The Morgan fingerprint density at radius 3 is 2.55 bits per heavy atom. The summed E-state index contributed by atoms with van der Waals surface area (Å²) >= 11 is 18.3. The van der Waals surface area contributed by atoms with Gasteiger partial charge in [-0.3, -0.25) is 4.79 Å². The minimum absolute atomic E-state index is 0.290. The molecule has 4 rings (SSSR count). The van der Waals surface area contributed by atoms with Gasteiger partial charge in [-0.15, -0.1) is 0 Å². The predicted octanol–water partition coefficient (Wildman–Crippen LogP) is 6.72. The minimum atomic E-state index is -0.409. The molecule has 0 unspecified atom stereocenters. The summed E-state index contributed by atoms with van der Waals surface area (Å²) in [7, 11) is 1.48. The van der Waals surface area contributed by atoms with Gasteiger partial charge in [0.15, 0.2) is 5.58 Å². The first kappa shape index (κ1) is 19.6. The molecule has 4 aromatic rings. The molecule has 0 radical (unpaired) electrons. The summed E-state index contributed by atoms with van der Waals surface area (Å²) in [5.41, 5.74) is 2.58. The molecule has 0 spiro atoms. The van der Waals surface area contributed by atoms with Crippen molar-refractivity contribution in [3.8, 4) is 17.2 Å². The van der Waals surface area contributed by atoms with E-state index in [9.17, 15) is 4.79 Å². The van der Waals surface area contributed by atoms with Crippen molar-refractivity contribution < 1.29 is 13.9 Å². The van der Waals surface area contributed by atoms with Gasteiger partial charge in [-0.05, 0) is 54.6 Å². The van der Waals surface area contributed by atoms with Crippen LogP contribution in [0.2, 0.25) is 15.1 Å². The van der Waals surface area contributed by atoms with Gasteiger partial charge in [0.25, 0.3) is 5.91 Å². The van der Waals surface area contributed by atoms with Gasteiger partial charge in [0, 0.05) is 15.6 Å². The smallest absolute Gasteiger partial charge is 0.259 e. The number of carbonyl (C=O) groups excluding carboxylic acids is 1. The average Bonchev–Trinajstić information content (AvgIpc) is 3.12. The van der Waals surface area contributed by atoms with E-state index in [2.05, 4.69) is 10.3 Å². The molecule has 0 bridgehead atoms. The van der Waals surface area contributed by atoms with Crippen molar-refractivity contribution in [2.75, 3.05) is 12.4 Å². The number of halogens is 3. The Morgan fingerprint density at radius 1 is 1.00 bits per heavy atom. The minimum Gasteiger partial charge on any atom is -0.496 e. The Hall–Kier alpha value is -2.73. The number of nitrogens with zero attached hydrogens (tertiary/aromatic N) is 1. The van der Waals surface area contributed by atoms with Crippen LogP contribution in [0.3, 0.4) is 0 Å². The maximum Gasteiger partial charge on any atom is 0.259 e. The van der Waals surface area contributed by atoms with Gasteiger partial charge < -0.3 is 14.5 Å². The number of hydrogen-bond acceptors (Lipinski definition) is 4. The highest BCUT2D eigenvalue weighted by Crippen LogP contribution is 2.32. The fourth-order valence-corrected chi connectivity index (χ4v) is 3.33. The monoisotopic (exact) mass is 446 g/mol. The number of rotatable bonds is 4. The molecule has 1 amide bonds. The van der Waals surface area contributed by atoms with Crippen molar-refractivity contribution in [3.63, 3.8) is 0 Å². The largest absolute Gasteiger partial charge is 0.496 e. The van der Waals surface area contributed by atoms with Crippen LogP contribution in [-0.2, 0) is 0 Å². The van der Waals surface area contributed by atoms with E-state index in [0.717, 1.165) is 0 Å². The second-order valence-electron chi connectivity index (χ2n) is 6.12. The lowest BCUT2D eigenvalue weighted by atomic mass is 10.1. The lowest BCUT2D eigenvalue weighted by Crippen LogP contribution is -2.13. The van der Waals surface area contributed by atoms with E-state index in [-0.39, 0.29) is 5.56 Å². The lowest BCUT2D eigenvalue weighted by Gasteiger charge is -2.11. The Bertz CT molecular complexity index is 1240. The summed E-state index contributed by atoms with van der Waals surface area (Å²) in [5, 5.41) is 4.13. The van der Waals surface area contributed by atoms with Gasteiger partial charge in [0.2, 0.25) is 5.89 Å². The molecule has 0 aliphatic rings. The first-order chi connectivity index (χ1) is 13.9. The van der Waals surface area contributed by atoms with Crippen LogP contribution in [0, 0.1) is 0 Å². The van der Waals surface area contributed by atoms with Crippen LogP contribution in [0.4, 0.5) is 5.69 Å². The molecule has 3 aromatic carbocycles. The van der Waals surface area contributed by atoms with Crippen LogP contribution >= 0.6 is 34.8 Å². The van der Waals surface area contributed by atoms with Crippen LogP contribution < -0.4 is 10.1 Å². The quantitative estimate of drug-likeness (QED) is 0.377. The number of ether oxygens (including phenoxy) is 1. The van der Waals surface area contributed by atoms with Gasteiger partial charge in [-0.1, -0.05) is 34.8 Å². The number of aromatic nitrogens is 1. The Morgan fingerprint density at radius 2 is 1.76 bits per heavy atom. The summed E-state index contributed by atoms with van der Waals surface area (Å²) in [6.07, 6.45) is 0. The second-order valence-corrected chi connectivity index (χ2v) is 7.40. The van der Waals surface area contributed by atoms with E-state index in [1.807, 2.05) is 0 Å². The zero-order valence-electron chi connectivity index (χ0n) is 15.0. The predicted molar refractivity (Wildman–Crippen MR) is 115 cm³/mol. The molecule has 29 heavy (non-hydrogen) atoms. The van der Waals surface area contributed by atoms with Crippen molar-refractivity contribution >= 4 is 57.5 Å². The van der Waals surface area contributed by atoms with E-state index >= 15 is 0 Å². The number of carbonyl (C=O) groups is 1. The maximum atomic E-state index is 12.8. The fourth-order valence-electron chi connectivity index (χ4n) is 2.83. The van der Waals surface area contributed by atoms with E-state index in [1.54, 1.807) is 48.5 Å². The molecule has 8 heteroatoms. The third-order valence-electron chi connectivity index (χ3n) is 4.22. The van der Waals surface area contributed by atoms with Crippen LogP contribution in [0.15, 0.2) is 59.0 Å². The average molecular weight is 448 g/mol. The van der Waals surface area contributed by atoms with E-state index in [4.69, 9.17) is 44.0 Å². The molecule has 0 saturated heterocycles. The summed E-state index contributed by atoms with van der Waals surface area (Å²) in [6, 6.07) is 15.1. The molecular formula is C21H13Cl3N2O3. The first-order valence-corrected chi connectivity index (χ1v) is 9.59. The van der Waals surface area contributed by atoms with Gasteiger partial charge in [-0.2, -0.15) is 0 Å². The molecule has 5 nitrogen and oxygen atoms in total. The third-order valence-corrected chi connectivity index (χ3v) is 5.02. The summed E-state index contributed by atoms with van der Waals surface area (Å²) in [4.78, 5) is 17.2. The SMILES string of the molecule is COc1ccc(Cl)cc1C(=O)Nc1cc(-c2nc3cc(Cl)ccc3o2)ccc1Cl. The molecule has 146 valence electrons. The molecule has 0 aliphatic heterocycles. The van der Waals surface area contributed by atoms with E-state index < -0.39 is 5.91 Å². The van der Waals surface area contributed by atoms with Crippen LogP contribution in [-0.4, -0.2) is 18.0 Å². The summed E-state index contributed by atoms with van der Waals surface area (Å²) in [5.74, 6) is 0.373. The molecule has 0 aliphatic carbocycles. The number of methoxy groups -OCH3 is 1. The van der Waals surface area contributed by atoms with Gasteiger partial charge in [0.1, 0.15) is 11.3 Å².